The average molecular weight is 299 g/mol. The fourth-order valence-corrected chi connectivity index (χ4v) is 3.48. The van der Waals surface area contributed by atoms with Crippen LogP contribution in [0.2, 0.25) is 0 Å². The molecule has 2 aromatic carbocycles. The minimum atomic E-state index is 0.121. The molecule has 0 radical (unpaired) electrons. The van der Waals surface area contributed by atoms with Crippen molar-refractivity contribution in [2.45, 2.75) is 56.9 Å². The predicted molar refractivity (Wildman–Crippen MR) is 93.7 cm³/mol. The Balaban J connectivity index is 1.85. The maximum absolute atomic E-state index is 3.53. The van der Waals surface area contributed by atoms with E-state index in [1.807, 2.05) is 0 Å². The van der Waals surface area contributed by atoms with Gasteiger partial charge in [0.1, 0.15) is 0 Å². The minimum Gasteiger partial charge on any atom is -0.255 e. The lowest BCUT2D eigenvalue weighted by Crippen LogP contribution is -2.29. The van der Waals surface area contributed by atoms with Gasteiger partial charge in [0.15, 0.2) is 0 Å². The zero-order chi connectivity index (χ0) is 14.9. The van der Waals surface area contributed by atoms with Crippen molar-refractivity contribution >= 4 is 22.7 Å². The quantitative estimate of drug-likeness (QED) is 0.724. The summed E-state index contributed by atoms with van der Waals surface area (Å²) in [7, 11) is 0. The molecule has 0 aromatic heterocycles. The lowest BCUT2D eigenvalue weighted by molar-refractivity contribution is 0.535. The number of aryl methyl sites for hydroxylation is 1. The molecular weight excluding hydrogens is 274 g/mol. The summed E-state index contributed by atoms with van der Waals surface area (Å²) < 4.78 is 3.53. The maximum Gasteiger partial charge on any atom is 0.0306 e. The van der Waals surface area contributed by atoms with Crippen molar-refractivity contribution in [3.05, 3.63) is 42.0 Å². The normalized spacial score (nSPS) is 15.6. The number of hydrogen-bond donors (Lipinski definition) is 1. The number of hydrogen-bond acceptors (Lipinski definition) is 2. The van der Waals surface area contributed by atoms with E-state index in [9.17, 15) is 0 Å². The zero-order valence-corrected chi connectivity index (χ0v) is 14.1. The molecule has 1 aliphatic rings. The fourth-order valence-electron chi connectivity index (χ4n) is 2.63. The molecule has 0 unspecified atom stereocenters. The van der Waals surface area contributed by atoms with Gasteiger partial charge >= 0.3 is 0 Å². The fraction of sp³-hybridized carbons (Fsp3) is 0.474. The number of fused-ring (bicyclic) bond motifs is 1. The van der Waals surface area contributed by atoms with Crippen molar-refractivity contribution < 1.29 is 0 Å². The van der Waals surface area contributed by atoms with Crippen LogP contribution in [-0.4, -0.2) is 5.54 Å². The minimum absolute atomic E-state index is 0.121. The molecule has 21 heavy (non-hydrogen) atoms. The lowest BCUT2D eigenvalue weighted by atomic mass is 10.00. The molecule has 3 rings (SSSR count). The van der Waals surface area contributed by atoms with Crippen molar-refractivity contribution in [2.75, 3.05) is 0 Å². The standard InChI is InChI=1S/C19H25NS/c1-19(2,3)20-21-18-9-5-7-16-15(6-4-8-17(16)18)13-12-14-10-11-14/h4-9,14,20H,10-13H2,1-3H3. The van der Waals surface area contributed by atoms with E-state index in [1.54, 1.807) is 11.9 Å². The third kappa shape index (κ3) is 4.02. The van der Waals surface area contributed by atoms with E-state index in [0.29, 0.717) is 0 Å². The van der Waals surface area contributed by atoms with Crippen LogP contribution in [0.5, 0.6) is 0 Å². The van der Waals surface area contributed by atoms with Crippen molar-refractivity contribution in [3.63, 3.8) is 0 Å². The van der Waals surface area contributed by atoms with Gasteiger partial charge in [-0.2, -0.15) is 0 Å². The molecule has 1 saturated carbocycles. The van der Waals surface area contributed by atoms with Crippen molar-refractivity contribution in [3.8, 4) is 0 Å². The summed E-state index contributed by atoms with van der Waals surface area (Å²) in [5, 5.41) is 2.81. The molecule has 0 saturated heterocycles. The molecule has 0 aliphatic heterocycles. The van der Waals surface area contributed by atoms with Gasteiger partial charge in [-0.3, -0.25) is 4.72 Å². The Kier molecular flexibility index (Phi) is 4.28. The van der Waals surface area contributed by atoms with Gasteiger partial charge in [-0.25, -0.2) is 0 Å². The van der Waals surface area contributed by atoms with E-state index in [2.05, 4.69) is 61.9 Å². The summed E-state index contributed by atoms with van der Waals surface area (Å²) >= 11 is 1.75. The van der Waals surface area contributed by atoms with E-state index in [1.165, 1.54) is 46.9 Å². The van der Waals surface area contributed by atoms with E-state index < -0.39 is 0 Å². The Morgan fingerprint density at radius 3 is 2.48 bits per heavy atom. The largest absolute Gasteiger partial charge is 0.255 e. The Hall–Kier alpha value is -0.990. The first kappa shape index (κ1) is 14.9. The molecule has 0 amide bonds. The van der Waals surface area contributed by atoms with Gasteiger partial charge < -0.3 is 0 Å². The lowest BCUT2D eigenvalue weighted by Gasteiger charge is -2.20. The van der Waals surface area contributed by atoms with Gasteiger partial charge in [0, 0.05) is 10.4 Å². The molecule has 0 spiro atoms. The van der Waals surface area contributed by atoms with Crippen LogP contribution in [0.4, 0.5) is 0 Å². The molecule has 0 bridgehead atoms. The summed E-state index contributed by atoms with van der Waals surface area (Å²) in [5.74, 6) is 1.00. The first-order valence-electron chi connectivity index (χ1n) is 7.97. The van der Waals surface area contributed by atoms with Crippen LogP contribution in [0, 0.1) is 5.92 Å². The van der Waals surface area contributed by atoms with Gasteiger partial charge in [-0.1, -0.05) is 43.2 Å². The van der Waals surface area contributed by atoms with Crippen LogP contribution in [-0.2, 0) is 6.42 Å². The second-order valence-corrected chi connectivity index (χ2v) is 8.05. The maximum atomic E-state index is 3.53. The average Bonchev–Trinajstić information content (AvgIpc) is 3.26. The molecule has 1 nitrogen and oxygen atoms in total. The van der Waals surface area contributed by atoms with E-state index in [0.717, 1.165) is 5.92 Å². The number of rotatable bonds is 5. The molecule has 112 valence electrons. The molecule has 1 N–H and O–H groups in total. The molecular formula is C19H25NS. The molecule has 1 aliphatic carbocycles. The summed E-state index contributed by atoms with van der Waals surface area (Å²) in [5.41, 5.74) is 1.63. The van der Waals surface area contributed by atoms with E-state index in [-0.39, 0.29) is 5.54 Å². The topological polar surface area (TPSA) is 12.0 Å². The highest BCUT2D eigenvalue weighted by Gasteiger charge is 2.21. The summed E-state index contributed by atoms with van der Waals surface area (Å²) in [6.45, 7) is 6.60. The van der Waals surface area contributed by atoms with Crippen LogP contribution in [0.25, 0.3) is 10.8 Å². The summed E-state index contributed by atoms with van der Waals surface area (Å²) in [6, 6.07) is 13.5. The van der Waals surface area contributed by atoms with Crippen molar-refractivity contribution in [1.29, 1.82) is 0 Å². The van der Waals surface area contributed by atoms with Crippen LogP contribution in [0.15, 0.2) is 41.3 Å². The van der Waals surface area contributed by atoms with Gasteiger partial charge in [0.05, 0.1) is 0 Å². The van der Waals surface area contributed by atoms with Crippen LogP contribution >= 0.6 is 11.9 Å². The van der Waals surface area contributed by atoms with E-state index >= 15 is 0 Å². The predicted octanol–water partition coefficient (Wildman–Crippen LogP) is 5.58. The Morgan fingerprint density at radius 2 is 1.76 bits per heavy atom. The third-order valence-electron chi connectivity index (χ3n) is 3.96. The smallest absolute Gasteiger partial charge is 0.0306 e. The second-order valence-electron chi connectivity index (χ2n) is 7.20. The summed E-state index contributed by atoms with van der Waals surface area (Å²) in [4.78, 5) is 1.33. The summed E-state index contributed by atoms with van der Waals surface area (Å²) in [6.07, 6.45) is 5.47. The van der Waals surface area contributed by atoms with Gasteiger partial charge in [0.2, 0.25) is 0 Å². The SMILES string of the molecule is CC(C)(C)NSc1cccc2c(CCC3CC3)cccc12. The molecule has 0 heterocycles. The number of benzene rings is 2. The first-order valence-corrected chi connectivity index (χ1v) is 8.79. The zero-order valence-electron chi connectivity index (χ0n) is 13.3. The number of nitrogens with one attached hydrogen (secondary N) is 1. The first-order chi connectivity index (χ1) is 10.0. The Labute approximate surface area is 132 Å². The Bertz CT molecular complexity index is 623. The van der Waals surface area contributed by atoms with Crippen LogP contribution in [0.3, 0.4) is 0 Å². The Morgan fingerprint density at radius 1 is 1.05 bits per heavy atom. The van der Waals surface area contributed by atoms with Crippen LogP contribution < -0.4 is 4.72 Å². The second kappa shape index (κ2) is 6.02. The highest BCUT2D eigenvalue weighted by Crippen LogP contribution is 2.35. The van der Waals surface area contributed by atoms with Gasteiger partial charge in [-0.15, -0.1) is 0 Å². The van der Waals surface area contributed by atoms with Gasteiger partial charge in [0.25, 0.3) is 0 Å². The van der Waals surface area contributed by atoms with Crippen molar-refractivity contribution in [1.82, 2.24) is 4.72 Å². The molecule has 2 heteroatoms. The highest BCUT2D eigenvalue weighted by atomic mass is 32.2. The molecule has 2 aromatic rings. The highest BCUT2D eigenvalue weighted by molar-refractivity contribution is 7.97. The third-order valence-corrected chi connectivity index (χ3v) is 5.25. The van der Waals surface area contributed by atoms with E-state index in [4.69, 9.17) is 0 Å². The van der Waals surface area contributed by atoms with Gasteiger partial charge in [-0.05, 0) is 73.9 Å². The van der Waals surface area contributed by atoms with Crippen molar-refractivity contribution in [2.24, 2.45) is 5.92 Å². The van der Waals surface area contributed by atoms with Crippen LogP contribution in [0.1, 0.15) is 45.6 Å². The molecule has 0 atom stereocenters. The molecule has 1 fully saturated rings. The monoisotopic (exact) mass is 299 g/mol.